The average molecular weight is 479 g/mol. The Morgan fingerprint density at radius 3 is 2.17 bits per heavy atom. The van der Waals surface area contributed by atoms with Gasteiger partial charge in [0.05, 0.1) is 0 Å². The second kappa shape index (κ2) is 10.1. The van der Waals surface area contributed by atoms with E-state index in [1.165, 1.54) is 0 Å². The molecule has 7 nitrogen and oxygen atoms in total. The van der Waals surface area contributed by atoms with Gasteiger partial charge in [0.25, 0.3) is 0 Å². The predicted molar refractivity (Wildman–Crippen MR) is 133 cm³/mol. The number of amides is 2. The van der Waals surface area contributed by atoms with Gasteiger partial charge in [-0.15, -0.1) is 0 Å². The minimum absolute atomic E-state index is 0.00126. The largest absolute Gasteiger partial charge is 0.481 e. The quantitative estimate of drug-likeness (QED) is 0.490. The Labute approximate surface area is 206 Å². The van der Waals surface area contributed by atoms with E-state index >= 15 is 0 Å². The molecule has 2 aliphatic carbocycles. The summed E-state index contributed by atoms with van der Waals surface area (Å²) >= 11 is 0. The van der Waals surface area contributed by atoms with Gasteiger partial charge >= 0.3 is 12.1 Å². The Bertz CT molecular complexity index is 1060. The lowest BCUT2D eigenvalue weighted by Crippen LogP contribution is -2.47. The highest BCUT2D eigenvalue weighted by molar-refractivity contribution is 5.86. The molecule has 35 heavy (non-hydrogen) atoms. The van der Waals surface area contributed by atoms with Crippen LogP contribution in [-0.2, 0) is 14.3 Å². The summed E-state index contributed by atoms with van der Waals surface area (Å²) in [7, 11) is 0. The Kier molecular flexibility index (Phi) is 7.15. The normalized spacial score (nSPS) is 19.3. The Morgan fingerprint density at radius 1 is 1.03 bits per heavy atom. The molecule has 2 aliphatic rings. The van der Waals surface area contributed by atoms with Gasteiger partial charge in [-0.05, 0) is 52.3 Å². The fraction of sp³-hybridized carbons (Fsp3) is 0.464. The highest BCUT2D eigenvalue weighted by atomic mass is 16.5. The van der Waals surface area contributed by atoms with Crippen LogP contribution in [-0.4, -0.2) is 42.3 Å². The van der Waals surface area contributed by atoms with Crippen molar-refractivity contribution in [1.29, 1.82) is 0 Å². The smallest absolute Gasteiger partial charge is 0.407 e. The van der Waals surface area contributed by atoms with Crippen molar-refractivity contribution in [3.63, 3.8) is 0 Å². The highest BCUT2D eigenvalue weighted by Gasteiger charge is 2.45. The summed E-state index contributed by atoms with van der Waals surface area (Å²) < 4.78 is 5.55. The SMILES string of the molecule is CC(C)(C)C1CC1CNC(=O)C(CCC(=O)O)NC(=O)OCC1c2ccccc2-c2ccccc21. The molecule has 0 radical (unpaired) electrons. The molecule has 2 amide bonds. The first-order valence-corrected chi connectivity index (χ1v) is 12.3. The first-order chi connectivity index (χ1) is 16.6. The minimum atomic E-state index is -1.02. The van der Waals surface area contributed by atoms with Crippen LogP contribution in [0.25, 0.3) is 11.1 Å². The van der Waals surface area contributed by atoms with Crippen molar-refractivity contribution in [1.82, 2.24) is 10.6 Å². The highest BCUT2D eigenvalue weighted by Crippen LogP contribution is 2.50. The number of rotatable bonds is 9. The lowest BCUT2D eigenvalue weighted by Gasteiger charge is -2.20. The molecule has 0 bridgehead atoms. The van der Waals surface area contributed by atoms with E-state index < -0.39 is 18.1 Å². The van der Waals surface area contributed by atoms with Gasteiger partial charge < -0.3 is 20.5 Å². The van der Waals surface area contributed by atoms with Gasteiger partial charge in [-0.2, -0.15) is 0 Å². The van der Waals surface area contributed by atoms with Crippen molar-refractivity contribution in [3.05, 3.63) is 59.7 Å². The number of carboxylic acid groups (broad SMARTS) is 1. The predicted octanol–water partition coefficient (Wildman–Crippen LogP) is 4.56. The van der Waals surface area contributed by atoms with E-state index in [0.29, 0.717) is 18.4 Å². The van der Waals surface area contributed by atoms with Crippen LogP contribution in [0, 0.1) is 17.3 Å². The molecule has 0 aromatic heterocycles. The number of nitrogens with one attached hydrogen (secondary N) is 2. The van der Waals surface area contributed by atoms with E-state index in [2.05, 4.69) is 43.5 Å². The molecule has 1 saturated carbocycles. The summed E-state index contributed by atoms with van der Waals surface area (Å²) in [5.74, 6) is -0.529. The number of carbonyl (C=O) groups excluding carboxylic acids is 2. The Morgan fingerprint density at radius 2 is 1.63 bits per heavy atom. The van der Waals surface area contributed by atoms with Crippen LogP contribution < -0.4 is 10.6 Å². The molecule has 1 fully saturated rings. The summed E-state index contributed by atoms with van der Waals surface area (Å²) in [5.41, 5.74) is 4.64. The maximum Gasteiger partial charge on any atom is 0.407 e. The zero-order chi connectivity index (χ0) is 25.2. The van der Waals surface area contributed by atoms with Gasteiger partial charge in [0, 0.05) is 18.9 Å². The van der Waals surface area contributed by atoms with Gasteiger partial charge in [0.15, 0.2) is 0 Å². The molecule has 2 aromatic rings. The number of carboxylic acids is 1. The summed E-state index contributed by atoms with van der Waals surface area (Å²) in [6.07, 6.45) is 0.106. The van der Waals surface area contributed by atoms with Crippen molar-refractivity contribution < 1.29 is 24.2 Å². The molecule has 186 valence electrons. The van der Waals surface area contributed by atoms with E-state index in [9.17, 15) is 14.4 Å². The molecule has 0 spiro atoms. The molecule has 4 rings (SSSR count). The second-order valence-electron chi connectivity index (χ2n) is 10.7. The molecule has 0 aliphatic heterocycles. The Hall–Kier alpha value is -3.35. The number of benzene rings is 2. The van der Waals surface area contributed by atoms with Gasteiger partial charge in [-0.1, -0.05) is 69.3 Å². The lowest BCUT2D eigenvalue weighted by molar-refractivity contribution is -0.137. The Balaban J connectivity index is 1.35. The molecule has 0 heterocycles. The van der Waals surface area contributed by atoms with E-state index in [-0.39, 0.29) is 36.7 Å². The maximum absolute atomic E-state index is 12.8. The van der Waals surface area contributed by atoms with Gasteiger partial charge in [0.1, 0.15) is 12.6 Å². The van der Waals surface area contributed by atoms with E-state index in [1.54, 1.807) is 0 Å². The first-order valence-electron chi connectivity index (χ1n) is 12.3. The summed E-state index contributed by atoms with van der Waals surface area (Å²) in [6.45, 7) is 7.22. The van der Waals surface area contributed by atoms with Crippen molar-refractivity contribution in [2.45, 2.75) is 52.0 Å². The van der Waals surface area contributed by atoms with Crippen molar-refractivity contribution in [3.8, 4) is 11.1 Å². The number of hydrogen-bond acceptors (Lipinski definition) is 4. The van der Waals surface area contributed by atoms with Crippen molar-refractivity contribution >= 4 is 18.0 Å². The number of ether oxygens (including phenoxy) is 1. The van der Waals surface area contributed by atoms with Gasteiger partial charge in [-0.25, -0.2) is 4.79 Å². The molecule has 7 heteroatoms. The van der Waals surface area contributed by atoms with E-state index in [1.807, 2.05) is 36.4 Å². The molecular weight excluding hydrogens is 444 g/mol. The third kappa shape index (κ3) is 5.84. The second-order valence-corrected chi connectivity index (χ2v) is 10.7. The van der Waals surface area contributed by atoms with Crippen LogP contribution in [0.1, 0.15) is 57.1 Å². The van der Waals surface area contributed by atoms with Crippen molar-refractivity contribution in [2.24, 2.45) is 17.3 Å². The summed E-state index contributed by atoms with van der Waals surface area (Å²) in [4.78, 5) is 36.5. The van der Waals surface area contributed by atoms with Crippen LogP contribution in [0.2, 0.25) is 0 Å². The zero-order valence-electron chi connectivity index (χ0n) is 20.5. The number of fused-ring (bicyclic) bond motifs is 3. The van der Waals surface area contributed by atoms with Crippen LogP contribution in [0.5, 0.6) is 0 Å². The topological polar surface area (TPSA) is 105 Å². The van der Waals surface area contributed by atoms with Crippen LogP contribution >= 0.6 is 0 Å². The fourth-order valence-electron chi connectivity index (χ4n) is 5.21. The fourth-order valence-corrected chi connectivity index (χ4v) is 5.21. The zero-order valence-corrected chi connectivity index (χ0v) is 20.5. The molecule has 3 N–H and O–H groups in total. The minimum Gasteiger partial charge on any atom is -0.481 e. The van der Waals surface area contributed by atoms with E-state index in [4.69, 9.17) is 9.84 Å². The van der Waals surface area contributed by atoms with Crippen molar-refractivity contribution in [2.75, 3.05) is 13.2 Å². The average Bonchev–Trinajstić information content (AvgIpc) is 3.55. The van der Waals surface area contributed by atoms with E-state index in [0.717, 1.165) is 28.7 Å². The summed E-state index contributed by atoms with van der Waals surface area (Å²) in [6, 6.07) is 15.1. The number of alkyl carbamates (subject to hydrolysis) is 1. The lowest BCUT2D eigenvalue weighted by atomic mass is 9.89. The number of hydrogen-bond donors (Lipinski definition) is 3. The molecular formula is C28H34N2O5. The third-order valence-corrected chi connectivity index (χ3v) is 7.17. The molecule has 0 saturated heterocycles. The van der Waals surface area contributed by atoms with Crippen LogP contribution in [0.15, 0.2) is 48.5 Å². The monoisotopic (exact) mass is 478 g/mol. The van der Waals surface area contributed by atoms with Crippen LogP contribution in [0.3, 0.4) is 0 Å². The molecule has 3 unspecified atom stereocenters. The molecule has 2 aromatic carbocycles. The standard InChI is InChI=1S/C28H34N2O5/c1-28(2,3)23-14-17(23)15-29-26(33)24(12-13-25(31)32)30-27(34)35-16-22-20-10-6-4-8-18(20)19-9-5-7-11-21(19)22/h4-11,17,22-24H,12-16H2,1-3H3,(H,29,33)(H,30,34)(H,31,32). The van der Waals surface area contributed by atoms with Gasteiger partial charge in [0.2, 0.25) is 5.91 Å². The first kappa shape index (κ1) is 24.8. The van der Waals surface area contributed by atoms with Crippen LogP contribution in [0.4, 0.5) is 4.79 Å². The third-order valence-electron chi connectivity index (χ3n) is 7.17. The number of aliphatic carboxylic acids is 1. The number of carbonyl (C=O) groups is 3. The summed E-state index contributed by atoms with van der Waals surface area (Å²) in [5, 5.41) is 14.6. The van der Waals surface area contributed by atoms with Gasteiger partial charge in [-0.3, -0.25) is 9.59 Å². The maximum atomic E-state index is 12.8. The molecule has 3 atom stereocenters.